The van der Waals surface area contributed by atoms with E-state index in [0.717, 1.165) is 24.0 Å². The highest BCUT2D eigenvalue weighted by atomic mass is 16.4. The minimum absolute atomic E-state index is 0.0542. The van der Waals surface area contributed by atoms with Crippen LogP contribution in [0.3, 0.4) is 0 Å². The monoisotopic (exact) mass is 323 g/mol. The number of nitriles is 1. The van der Waals surface area contributed by atoms with Gasteiger partial charge in [-0.05, 0) is 38.8 Å². The van der Waals surface area contributed by atoms with Gasteiger partial charge in [-0.3, -0.25) is 4.79 Å². The molecule has 1 saturated heterocycles. The number of nitrogens with zero attached hydrogens (tertiary/aromatic N) is 3. The molecule has 0 saturated carbocycles. The molecule has 2 heterocycles. The van der Waals surface area contributed by atoms with E-state index in [2.05, 4.69) is 11.1 Å². The maximum atomic E-state index is 12.5. The van der Waals surface area contributed by atoms with Gasteiger partial charge < -0.3 is 9.32 Å². The summed E-state index contributed by atoms with van der Waals surface area (Å²) in [6, 6.07) is 10.2. The van der Waals surface area contributed by atoms with Gasteiger partial charge in [-0.25, -0.2) is 4.98 Å². The van der Waals surface area contributed by atoms with E-state index in [1.54, 1.807) is 0 Å². The molecule has 5 heteroatoms. The van der Waals surface area contributed by atoms with E-state index in [0.29, 0.717) is 30.4 Å². The number of likely N-dealkylation sites (tertiary alicyclic amines) is 1. The first-order valence-corrected chi connectivity index (χ1v) is 8.27. The molecule has 0 N–H and O–H groups in total. The Bertz CT molecular complexity index is 780. The van der Waals surface area contributed by atoms with Crippen LogP contribution >= 0.6 is 0 Å². The van der Waals surface area contributed by atoms with Crippen LogP contribution in [0.15, 0.2) is 28.7 Å². The third-order valence-electron chi connectivity index (χ3n) is 4.51. The average molecular weight is 323 g/mol. The molecule has 0 spiro atoms. The Balaban J connectivity index is 1.70. The molecule has 124 valence electrons. The van der Waals surface area contributed by atoms with Crippen LogP contribution in [0.5, 0.6) is 0 Å². The van der Waals surface area contributed by atoms with Crippen LogP contribution in [0.1, 0.15) is 29.9 Å². The molecule has 1 aromatic carbocycles. The minimum atomic E-state index is 0.0542. The van der Waals surface area contributed by atoms with E-state index >= 15 is 0 Å². The van der Waals surface area contributed by atoms with Crippen molar-refractivity contribution in [2.24, 2.45) is 5.92 Å². The maximum absolute atomic E-state index is 12.5. The number of carbonyl (C=O) groups excluding carboxylic acids is 1. The lowest BCUT2D eigenvalue weighted by Crippen LogP contribution is -2.39. The first-order valence-electron chi connectivity index (χ1n) is 8.27. The fraction of sp³-hybridized carbons (Fsp3) is 0.421. The average Bonchev–Trinajstić information content (AvgIpc) is 2.96. The van der Waals surface area contributed by atoms with Gasteiger partial charge in [0.25, 0.3) is 0 Å². The summed E-state index contributed by atoms with van der Waals surface area (Å²) >= 11 is 0. The number of aromatic nitrogens is 1. The summed E-state index contributed by atoms with van der Waals surface area (Å²) in [5.41, 5.74) is 2.76. The number of hydrogen-bond acceptors (Lipinski definition) is 4. The molecule has 1 aliphatic rings. The molecule has 0 atom stereocenters. The predicted octanol–water partition coefficient (Wildman–Crippen LogP) is 3.26. The Labute approximate surface area is 141 Å². The summed E-state index contributed by atoms with van der Waals surface area (Å²) in [5, 5.41) is 8.94. The van der Waals surface area contributed by atoms with Crippen molar-refractivity contribution in [2.45, 2.75) is 33.1 Å². The van der Waals surface area contributed by atoms with Crippen LogP contribution in [-0.2, 0) is 11.2 Å². The molecule has 0 bridgehead atoms. The normalized spacial score (nSPS) is 15.3. The van der Waals surface area contributed by atoms with Crippen LogP contribution in [-0.4, -0.2) is 28.9 Å². The number of amides is 1. The molecular formula is C19H21N3O2. The smallest absolute Gasteiger partial charge is 0.228 e. The van der Waals surface area contributed by atoms with E-state index in [-0.39, 0.29) is 18.2 Å². The van der Waals surface area contributed by atoms with Gasteiger partial charge in [-0.2, -0.15) is 5.26 Å². The lowest BCUT2D eigenvalue weighted by atomic mass is 9.98. The standard InChI is InChI=1S/C19H21N3O2/c1-13-4-3-5-16(10-13)19-21-17(14(2)24-19)11-18(23)22-8-6-15(12-20)7-9-22/h3-5,10,15H,6-9,11H2,1-2H3. The molecule has 1 aliphatic heterocycles. The van der Waals surface area contributed by atoms with E-state index < -0.39 is 0 Å². The summed E-state index contributed by atoms with van der Waals surface area (Å²) in [6.07, 6.45) is 1.77. The molecule has 5 nitrogen and oxygen atoms in total. The number of hydrogen-bond donors (Lipinski definition) is 0. The zero-order valence-electron chi connectivity index (χ0n) is 14.1. The van der Waals surface area contributed by atoms with Crippen molar-refractivity contribution in [1.82, 2.24) is 9.88 Å². The van der Waals surface area contributed by atoms with Crippen LogP contribution < -0.4 is 0 Å². The van der Waals surface area contributed by atoms with Crippen LogP contribution in [0.25, 0.3) is 11.5 Å². The Morgan fingerprint density at radius 1 is 1.38 bits per heavy atom. The molecule has 1 aromatic heterocycles. The van der Waals surface area contributed by atoms with Crippen molar-refractivity contribution in [3.05, 3.63) is 41.3 Å². The molecule has 1 amide bonds. The largest absolute Gasteiger partial charge is 0.441 e. The van der Waals surface area contributed by atoms with Crippen molar-refractivity contribution < 1.29 is 9.21 Å². The number of oxazole rings is 1. The molecule has 0 aliphatic carbocycles. The van der Waals surface area contributed by atoms with Gasteiger partial charge in [-0.1, -0.05) is 17.7 Å². The lowest BCUT2D eigenvalue weighted by molar-refractivity contribution is -0.131. The van der Waals surface area contributed by atoms with E-state index in [4.69, 9.17) is 9.68 Å². The SMILES string of the molecule is Cc1cccc(-c2nc(CC(=O)N3CCC(C#N)CC3)c(C)o2)c1. The van der Waals surface area contributed by atoms with Gasteiger partial charge in [0.15, 0.2) is 0 Å². The Hall–Kier alpha value is -2.61. The highest BCUT2D eigenvalue weighted by molar-refractivity contribution is 5.78. The van der Waals surface area contributed by atoms with Gasteiger partial charge in [-0.15, -0.1) is 0 Å². The summed E-state index contributed by atoms with van der Waals surface area (Å²) in [7, 11) is 0. The van der Waals surface area contributed by atoms with E-state index in [1.165, 1.54) is 0 Å². The molecule has 0 unspecified atom stereocenters. The quantitative estimate of drug-likeness (QED) is 0.869. The van der Waals surface area contributed by atoms with Gasteiger partial charge in [0.1, 0.15) is 5.76 Å². The molecular weight excluding hydrogens is 302 g/mol. The van der Waals surface area contributed by atoms with Crippen molar-refractivity contribution in [2.75, 3.05) is 13.1 Å². The summed E-state index contributed by atoms with van der Waals surface area (Å²) in [6.45, 7) is 5.17. The third-order valence-corrected chi connectivity index (χ3v) is 4.51. The Kier molecular flexibility index (Phi) is 4.66. The topological polar surface area (TPSA) is 70.1 Å². The van der Waals surface area contributed by atoms with E-state index in [9.17, 15) is 4.79 Å². The van der Waals surface area contributed by atoms with E-state index in [1.807, 2.05) is 43.0 Å². The zero-order chi connectivity index (χ0) is 17.1. The van der Waals surface area contributed by atoms with Crippen LogP contribution in [0, 0.1) is 31.1 Å². The van der Waals surface area contributed by atoms with Crippen LogP contribution in [0.2, 0.25) is 0 Å². The molecule has 1 fully saturated rings. The first-order chi connectivity index (χ1) is 11.6. The predicted molar refractivity (Wildman–Crippen MR) is 90.0 cm³/mol. The Morgan fingerprint density at radius 2 is 2.12 bits per heavy atom. The number of benzene rings is 1. The first kappa shape index (κ1) is 16.3. The minimum Gasteiger partial charge on any atom is -0.441 e. The second-order valence-corrected chi connectivity index (χ2v) is 6.35. The number of rotatable bonds is 3. The molecule has 0 radical (unpaired) electrons. The summed E-state index contributed by atoms with van der Waals surface area (Å²) < 4.78 is 5.75. The molecule has 24 heavy (non-hydrogen) atoms. The highest BCUT2D eigenvalue weighted by Gasteiger charge is 2.24. The van der Waals surface area contributed by atoms with Crippen LogP contribution in [0.4, 0.5) is 0 Å². The van der Waals surface area contributed by atoms with Gasteiger partial charge in [0, 0.05) is 24.6 Å². The Morgan fingerprint density at radius 3 is 2.79 bits per heavy atom. The lowest BCUT2D eigenvalue weighted by Gasteiger charge is -2.29. The second kappa shape index (κ2) is 6.88. The van der Waals surface area contributed by atoms with Crippen molar-refractivity contribution in [3.63, 3.8) is 0 Å². The molecule has 2 aromatic rings. The zero-order valence-corrected chi connectivity index (χ0v) is 14.1. The molecule has 3 rings (SSSR count). The maximum Gasteiger partial charge on any atom is 0.228 e. The number of piperidine rings is 1. The van der Waals surface area contributed by atoms with Crippen molar-refractivity contribution in [3.8, 4) is 17.5 Å². The summed E-state index contributed by atoms with van der Waals surface area (Å²) in [5.74, 6) is 1.38. The fourth-order valence-corrected chi connectivity index (χ4v) is 3.01. The second-order valence-electron chi connectivity index (χ2n) is 6.35. The number of aryl methyl sites for hydroxylation is 2. The van der Waals surface area contributed by atoms with Crippen molar-refractivity contribution in [1.29, 1.82) is 5.26 Å². The summed E-state index contributed by atoms with van der Waals surface area (Å²) in [4.78, 5) is 18.8. The number of carbonyl (C=O) groups is 1. The van der Waals surface area contributed by atoms with Gasteiger partial charge in [0.05, 0.1) is 18.2 Å². The van der Waals surface area contributed by atoms with Crippen molar-refractivity contribution >= 4 is 5.91 Å². The van der Waals surface area contributed by atoms with Gasteiger partial charge in [0.2, 0.25) is 11.8 Å². The third kappa shape index (κ3) is 3.48. The fourth-order valence-electron chi connectivity index (χ4n) is 3.01. The highest BCUT2D eigenvalue weighted by Crippen LogP contribution is 2.24. The van der Waals surface area contributed by atoms with Gasteiger partial charge >= 0.3 is 0 Å².